The molecule has 3 rings (SSSR count). The number of benzene rings is 1. The highest BCUT2D eigenvalue weighted by Crippen LogP contribution is 2.30. The Hall–Kier alpha value is -1.86. The molecule has 0 atom stereocenters. The van der Waals surface area contributed by atoms with Gasteiger partial charge in [0.15, 0.2) is 11.3 Å². The minimum absolute atomic E-state index is 0.00296. The van der Waals surface area contributed by atoms with Crippen LogP contribution in [-0.4, -0.2) is 30.1 Å². The van der Waals surface area contributed by atoms with Crippen LogP contribution in [0.4, 0.5) is 0 Å². The van der Waals surface area contributed by atoms with Gasteiger partial charge < -0.3 is 19.8 Å². The van der Waals surface area contributed by atoms with Crippen molar-refractivity contribution in [3.8, 4) is 5.75 Å². The maximum absolute atomic E-state index is 12.8. The first kappa shape index (κ1) is 19.9. The van der Waals surface area contributed by atoms with Crippen LogP contribution in [0.1, 0.15) is 50.9 Å². The zero-order valence-corrected chi connectivity index (χ0v) is 17.8. The van der Waals surface area contributed by atoms with Crippen LogP contribution in [0.15, 0.2) is 31.9 Å². The largest absolute Gasteiger partial charge is 0.493 e. The van der Waals surface area contributed by atoms with E-state index in [2.05, 4.69) is 54.3 Å². The van der Waals surface area contributed by atoms with Crippen molar-refractivity contribution in [3.63, 3.8) is 0 Å². The predicted molar refractivity (Wildman–Crippen MR) is 109 cm³/mol. The van der Waals surface area contributed by atoms with Crippen LogP contribution in [0.2, 0.25) is 0 Å². The van der Waals surface area contributed by atoms with E-state index < -0.39 is 11.5 Å². The lowest BCUT2D eigenvalue weighted by Gasteiger charge is -2.46. The third kappa shape index (κ3) is 4.35. The van der Waals surface area contributed by atoms with Crippen molar-refractivity contribution in [3.05, 3.63) is 38.7 Å². The van der Waals surface area contributed by atoms with Crippen LogP contribution in [0.25, 0.3) is 11.0 Å². The van der Waals surface area contributed by atoms with E-state index in [0.717, 1.165) is 17.3 Å². The summed E-state index contributed by atoms with van der Waals surface area (Å²) in [7, 11) is 1.50. The van der Waals surface area contributed by atoms with Crippen molar-refractivity contribution in [1.29, 1.82) is 0 Å². The Morgan fingerprint density at radius 1 is 1.22 bits per heavy atom. The number of halogens is 1. The smallest absolute Gasteiger partial charge is 0.349 e. The van der Waals surface area contributed by atoms with Gasteiger partial charge in [0.05, 0.1) is 7.11 Å². The fourth-order valence-corrected chi connectivity index (χ4v) is 4.62. The van der Waals surface area contributed by atoms with Gasteiger partial charge in [0.2, 0.25) is 0 Å². The number of nitrogens with one attached hydrogen (secondary N) is 2. The van der Waals surface area contributed by atoms with Gasteiger partial charge in [-0.2, -0.15) is 0 Å². The Labute approximate surface area is 166 Å². The summed E-state index contributed by atoms with van der Waals surface area (Å²) in [6.07, 6.45) is 1.56. The van der Waals surface area contributed by atoms with Crippen molar-refractivity contribution >= 4 is 32.8 Å². The number of carbonyl (C=O) groups is 1. The summed E-state index contributed by atoms with van der Waals surface area (Å²) in [5, 5.41) is 7.21. The Morgan fingerprint density at radius 3 is 2.44 bits per heavy atom. The van der Waals surface area contributed by atoms with Crippen LogP contribution in [-0.2, 0) is 0 Å². The molecule has 1 aromatic carbocycles. The first-order valence-electron chi connectivity index (χ1n) is 8.91. The molecule has 1 aliphatic heterocycles. The third-order valence-corrected chi connectivity index (χ3v) is 5.21. The highest BCUT2D eigenvalue weighted by Gasteiger charge is 2.38. The molecule has 0 unspecified atom stereocenters. The van der Waals surface area contributed by atoms with Gasteiger partial charge in [-0.15, -0.1) is 0 Å². The van der Waals surface area contributed by atoms with Gasteiger partial charge in [-0.1, -0.05) is 15.9 Å². The summed E-state index contributed by atoms with van der Waals surface area (Å²) >= 11 is 3.40. The molecular formula is C20H25BrN2O4. The van der Waals surface area contributed by atoms with Crippen LogP contribution < -0.4 is 21.0 Å². The molecule has 2 N–H and O–H groups in total. The summed E-state index contributed by atoms with van der Waals surface area (Å²) in [6.45, 7) is 8.45. The molecule has 1 amide bonds. The number of ether oxygens (including phenoxy) is 1. The quantitative estimate of drug-likeness (QED) is 0.718. The maximum atomic E-state index is 12.8. The minimum Gasteiger partial charge on any atom is -0.493 e. The van der Waals surface area contributed by atoms with E-state index in [0.29, 0.717) is 16.7 Å². The number of piperidine rings is 1. The Kier molecular flexibility index (Phi) is 5.12. The molecule has 0 saturated carbocycles. The first-order valence-corrected chi connectivity index (χ1v) is 9.71. The van der Waals surface area contributed by atoms with E-state index in [-0.39, 0.29) is 22.7 Å². The Bertz CT molecular complexity index is 933. The predicted octanol–water partition coefficient (Wildman–Crippen LogP) is 3.60. The SMILES string of the molecule is COc1cc(Br)cc2cc(C(=O)NC3CC(C)(C)NC(C)(C)C3)c(=O)oc12. The summed E-state index contributed by atoms with van der Waals surface area (Å²) in [6, 6.07) is 5.02. The standard InChI is InChI=1S/C20H25BrN2O4/c1-19(2)9-13(10-20(3,4)23-19)22-17(24)14-7-11-6-12(21)8-15(26-5)16(11)27-18(14)25/h6-8,13,23H,9-10H2,1-5H3,(H,22,24). The number of fused-ring (bicyclic) bond motifs is 1. The van der Waals surface area contributed by atoms with E-state index in [4.69, 9.17) is 9.15 Å². The molecule has 2 heterocycles. The highest BCUT2D eigenvalue weighted by molar-refractivity contribution is 9.10. The molecule has 1 aromatic heterocycles. The first-order chi connectivity index (χ1) is 12.5. The van der Waals surface area contributed by atoms with Crippen molar-refractivity contribution in [2.45, 2.75) is 57.7 Å². The third-order valence-electron chi connectivity index (χ3n) is 4.75. The van der Waals surface area contributed by atoms with Crippen LogP contribution >= 0.6 is 15.9 Å². The Balaban J connectivity index is 1.92. The fourth-order valence-electron chi connectivity index (χ4n) is 4.16. The molecule has 0 aliphatic carbocycles. The average molecular weight is 437 g/mol. The van der Waals surface area contributed by atoms with Crippen LogP contribution in [0.3, 0.4) is 0 Å². The molecule has 0 bridgehead atoms. The number of hydrogen-bond donors (Lipinski definition) is 2. The van der Waals surface area contributed by atoms with Crippen molar-refractivity contribution in [2.24, 2.45) is 0 Å². The van der Waals surface area contributed by atoms with Crippen molar-refractivity contribution in [2.75, 3.05) is 7.11 Å². The molecule has 146 valence electrons. The molecule has 1 fully saturated rings. The zero-order valence-electron chi connectivity index (χ0n) is 16.2. The summed E-state index contributed by atoms with van der Waals surface area (Å²) < 4.78 is 11.4. The van der Waals surface area contributed by atoms with Crippen LogP contribution in [0, 0.1) is 0 Å². The number of methoxy groups -OCH3 is 1. The number of hydrogen-bond acceptors (Lipinski definition) is 5. The second-order valence-corrected chi connectivity index (χ2v) is 9.36. The molecule has 7 heteroatoms. The summed E-state index contributed by atoms with van der Waals surface area (Å²) in [5.74, 6) is 0.0216. The van der Waals surface area contributed by atoms with Gasteiger partial charge in [0.1, 0.15) is 5.56 Å². The molecular weight excluding hydrogens is 412 g/mol. The molecule has 1 saturated heterocycles. The van der Waals surface area contributed by atoms with Gasteiger partial charge in [-0.3, -0.25) is 4.79 Å². The molecule has 27 heavy (non-hydrogen) atoms. The summed E-state index contributed by atoms with van der Waals surface area (Å²) in [4.78, 5) is 25.2. The summed E-state index contributed by atoms with van der Waals surface area (Å²) in [5.41, 5.74) is -0.561. The second-order valence-electron chi connectivity index (χ2n) is 8.45. The fraction of sp³-hybridized carbons (Fsp3) is 0.500. The molecule has 0 radical (unpaired) electrons. The van der Waals surface area contributed by atoms with Gasteiger partial charge in [0.25, 0.3) is 5.91 Å². The molecule has 6 nitrogen and oxygen atoms in total. The lowest BCUT2D eigenvalue weighted by molar-refractivity contribution is 0.0870. The van der Waals surface area contributed by atoms with E-state index in [1.807, 2.05) is 0 Å². The van der Waals surface area contributed by atoms with E-state index in [9.17, 15) is 9.59 Å². The minimum atomic E-state index is -0.673. The lowest BCUT2D eigenvalue weighted by atomic mass is 9.79. The number of rotatable bonds is 3. The molecule has 1 aliphatic rings. The zero-order chi connectivity index (χ0) is 20.0. The number of carbonyl (C=O) groups excluding carboxylic acids is 1. The van der Waals surface area contributed by atoms with E-state index >= 15 is 0 Å². The lowest BCUT2D eigenvalue weighted by Crippen LogP contribution is -2.62. The van der Waals surface area contributed by atoms with Gasteiger partial charge in [-0.25, -0.2) is 4.79 Å². The van der Waals surface area contributed by atoms with E-state index in [1.54, 1.807) is 18.2 Å². The monoisotopic (exact) mass is 436 g/mol. The molecule has 0 spiro atoms. The normalized spacial score (nSPS) is 19.0. The van der Waals surface area contributed by atoms with Crippen LogP contribution in [0.5, 0.6) is 5.75 Å². The average Bonchev–Trinajstić information content (AvgIpc) is 2.50. The molecule has 2 aromatic rings. The maximum Gasteiger partial charge on any atom is 0.349 e. The van der Waals surface area contributed by atoms with Crippen molar-refractivity contribution < 1.29 is 13.9 Å². The van der Waals surface area contributed by atoms with Gasteiger partial charge >= 0.3 is 5.63 Å². The van der Waals surface area contributed by atoms with Gasteiger partial charge in [-0.05, 0) is 58.7 Å². The van der Waals surface area contributed by atoms with E-state index in [1.165, 1.54) is 7.11 Å². The number of amides is 1. The Morgan fingerprint density at radius 2 is 1.85 bits per heavy atom. The van der Waals surface area contributed by atoms with Crippen molar-refractivity contribution in [1.82, 2.24) is 10.6 Å². The van der Waals surface area contributed by atoms with Gasteiger partial charge in [0, 0.05) is 27.0 Å². The highest BCUT2D eigenvalue weighted by atomic mass is 79.9. The topological polar surface area (TPSA) is 80.6 Å². The second kappa shape index (κ2) is 6.95.